The molecule has 0 aliphatic rings. The summed E-state index contributed by atoms with van der Waals surface area (Å²) >= 11 is 0. The van der Waals surface area contributed by atoms with Gasteiger partial charge in [0.1, 0.15) is 54.3 Å². The minimum Gasteiger partial charge on any atom is -0.492 e. The van der Waals surface area contributed by atoms with Crippen molar-refractivity contribution >= 4 is 24.5 Å². The van der Waals surface area contributed by atoms with Crippen molar-refractivity contribution in [2.45, 2.75) is 99.3 Å². The molecule has 512 valence electrons. The van der Waals surface area contributed by atoms with E-state index in [0.29, 0.717) is 37.1 Å². The Labute approximate surface area is 585 Å². The number of hydrogen-bond donors (Lipinski definition) is 0. The average Bonchev–Trinajstić information content (AvgIpc) is 0.797. The van der Waals surface area contributed by atoms with Crippen molar-refractivity contribution in [3.05, 3.63) is 268 Å². The van der Waals surface area contributed by atoms with Gasteiger partial charge in [0, 0.05) is 19.6 Å². The van der Waals surface area contributed by atoms with E-state index in [-0.39, 0.29) is 17.8 Å². The number of nitrogens with zero attached hydrogens (tertiary/aromatic N) is 3. The summed E-state index contributed by atoms with van der Waals surface area (Å²) in [7, 11) is 7.77. The average molecular weight is 1330 g/mol. The maximum Gasteiger partial charge on any atom is 0.647 e. The maximum absolute atomic E-state index is 15.8. The molecule has 0 amide bonds. The van der Waals surface area contributed by atoms with Crippen LogP contribution in [0.4, 0.5) is 0 Å². The third-order valence-electron chi connectivity index (χ3n) is 17.2. The molecule has 0 radical (unpaired) electrons. The predicted molar refractivity (Wildman–Crippen MR) is 411 cm³/mol. The Kier molecular flexibility index (Phi) is 26.2. The van der Waals surface area contributed by atoms with E-state index in [1.54, 1.807) is 0 Å². The van der Waals surface area contributed by atoms with Crippen LogP contribution in [0.3, 0.4) is 0 Å². The van der Waals surface area contributed by atoms with Crippen LogP contribution in [0, 0.1) is 0 Å². The lowest BCUT2D eigenvalue weighted by molar-refractivity contribution is 0.261. The highest BCUT2D eigenvalue weighted by atomic mass is 31.2. The zero-order valence-electron chi connectivity index (χ0n) is 60.5. The molecule has 0 fully saturated rings. The molecule has 9 aromatic carbocycles. The molecule has 0 atom stereocenters. The van der Waals surface area contributed by atoms with Gasteiger partial charge < -0.3 is 42.5 Å². The van der Waals surface area contributed by atoms with Gasteiger partial charge in [0.15, 0.2) is 0 Å². The van der Waals surface area contributed by atoms with Gasteiger partial charge >= 0.3 is 7.82 Å². The van der Waals surface area contributed by atoms with E-state index >= 15 is 4.57 Å². The quantitative estimate of drug-likeness (QED) is 0.0371. The summed E-state index contributed by atoms with van der Waals surface area (Å²) in [5, 5.41) is 0. The lowest BCUT2D eigenvalue weighted by atomic mass is 9.83. The number of likely N-dealkylation sites (N-methyl/N-ethyl adjacent to an activating group) is 3. The molecular formula is C87H102N3O7P. The first-order valence-electron chi connectivity index (χ1n) is 34.9. The van der Waals surface area contributed by atoms with Gasteiger partial charge in [-0.25, -0.2) is 0 Å². The van der Waals surface area contributed by atoms with Gasteiger partial charge in [-0.15, -0.1) is 0 Å². The normalized spacial score (nSPS) is 12.4. The van der Waals surface area contributed by atoms with Crippen molar-refractivity contribution in [3.63, 3.8) is 0 Å². The second kappa shape index (κ2) is 35.1. The first-order valence-corrected chi connectivity index (χ1v) is 36.4. The zero-order chi connectivity index (χ0) is 69.9. The highest BCUT2D eigenvalue weighted by molar-refractivity contribution is 7.49. The van der Waals surface area contributed by atoms with Gasteiger partial charge in [-0.1, -0.05) is 208 Å². The Morgan fingerprint density at radius 3 is 0.786 bits per heavy atom. The largest absolute Gasteiger partial charge is 0.647 e. The van der Waals surface area contributed by atoms with Crippen LogP contribution in [-0.2, 0) is 4.57 Å². The zero-order valence-corrected chi connectivity index (χ0v) is 61.4. The Balaban J connectivity index is 1.04. The number of benzene rings is 9. The molecule has 11 heteroatoms. The van der Waals surface area contributed by atoms with Crippen molar-refractivity contribution in [1.29, 1.82) is 0 Å². The van der Waals surface area contributed by atoms with Gasteiger partial charge in [0.05, 0.1) is 0 Å². The summed E-state index contributed by atoms with van der Waals surface area (Å²) in [4.78, 5) is 6.35. The SMILES string of the molecule is CC/C=C(\c1ccc(OP(=O)(Oc2ccc(/C(=C\CC)c3cccc(-c4ccc(OCCN(C)C)cc4)c3C(C)C)cc2)Oc2ccc(/C(=C\CC)c3cccc(-c4ccc(OCCN(C)C)cc4)c3C(C)C)cc2)cc1)c1cccc(-c2ccc(OCCN(C)C)cc2)c1C(C)C. The predicted octanol–water partition coefficient (Wildman–Crippen LogP) is 22.0. The molecule has 9 rings (SSSR count). The van der Waals surface area contributed by atoms with Crippen LogP contribution >= 0.6 is 7.82 Å². The summed E-state index contributed by atoms with van der Waals surface area (Å²) in [6, 6.07) is 68.3. The van der Waals surface area contributed by atoms with E-state index in [0.717, 1.165) is 123 Å². The number of phosphoric acid groups is 1. The number of phosphoric ester groups is 1. The summed E-state index contributed by atoms with van der Waals surface area (Å²) in [6.07, 6.45) is 9.28. The van der Waals surface area contributed by atoms with Crippen LogP contribution in [0.1, 0.15) is 149 Å². The molecule has 0 saturated carbocycles. The lowest BCUT2D eigenvalue weighted by Gasteiger charge is -2.23. The Bertz CT molecular complexity index is 3740. The van der Waals surface area contributed by atoms with Crippen LogP contribution in [0.25, 0.3) is 50.1 Å². The monoisotopic (exact) mass is 1330 g/mol. The molecule has 10 nitrogen and oxygen atoms in total. The second-order valence-electron chi connectivity index (χ2n) is 26.7. The van der Waals surface area contributed by atoms with E-state index in [1.165, 1.54) is 33.4 Å². The summed E-state index contributed by atoms with van der Waals surface area (Å²) in [6.45, 7) is 24.4. The summed E-state index contributed by atoms with van der Waals surface area (Å²) in [5.41, 5.74) is 20.4. The van der Waals surface area contributed by atoms with Crippen molar-refractivity contribution < 1.29 is 32.3 Å². The first kappa shape index (κ1) is 73.4. The molecule has 0 aromatic heterocycles. The Morgan fingerprint density at radius 2 is 0.571 bits per heavy atom. The van der Waals surface area contributed by atoms with Crippen molar-refractivity contribution in [2.75, 3.05) is 81.7 Å². The number of allylic oxidation sites excluding steroid dienone is 3. The molecule has 98 heavy (non-hydrogen) atoms. The van der Waals surface area contributed by atoms with Gasteiger partial charge in [-0.05, 0) is 252 Å². The van der Waals surface area contributed by atoms with E-state index < -0.39 is 7.82 Å². The van der Waals surface area contributed by atoms with E-state index in [2.05, 4.69) is 223 Å². The van der Waals surface area contributed by atoms with Gasteiger partial charge in [0.2, 0.25) is 0 Å². The van der Waals surface area contributed by atoms with Crippen molar-refractivity contribution in [3.8, 4) is 67.9 Å². The molecule has 0 heterocycles. The third-order valence-corrected chi connectivity index (χ3v) is 18.5. The van der Waals surface area contributed by atoms with E-state index in [4.69, 9.17) is 27.8 Å². The number of hydrogen-bond acceptors (Lipinski definition) is 10. The van der Waals surface area contributed by atoms with Crippen molar-refractivity contribution in [1.82, 2.24) is 14.7 Å². The fraction of sp³-hybridized carbons (Fsp3) is 0.310. The van der Waals surface area contributed by atoms with E-state index in [9.17, 15) is 0 Å². The van der Waals surface area contributed by atoms with Gasteiger partial charge in [0.25, 0.3) is 0 Å². The molecule has 0 unspecified atom stereocenters. The topological polar surface area (TPSA) is 82.2 Å². The summed E-state index contributed by atoms with van der Waals surface area (Å²) < 4.78 is 53.7. The molecule has 0 aliphatic heterocycles. The summed E-state index contributed by atoms with van der Waals surface area (Å²) in [5.74, 6) is 4.16. The molecule has 0 saturated heterocycles. The Morgan fingerprint density at radius 1 is 0.337 bits per heavy atom. The number of rotatable bonds is 33. The highest BCUT2D eigenvalue weighted by Crippen LogP contribution is 2.51. The second-order valence-corrected chi connectivity index (χ2v) is 28.1. The smallest absolute Gasteiger partial charge is 0.492 e. The molecule has 0 N–H and O–H groups in total. The molecule has 0 spiro atoms. The number of ether oxygens (including phenoxy) is 3. The fourth-order valence-electron chi connectivity index (χ4n) is 12.5. The van der Waals surface area contributed by atoms with E-state index in [1.807, 2.05) is 115 Å². The molecule has 0 bridgehead atoms. The highest BCUT2D eigenvalue weighted by Gasteiger charge is 2.34. The minimum atomic E-state index is -4.52. The van der Waals surface area contributed by atoms with Crippen LogP contribution in [0.15, 0.2) is 218 Å². The molecule has 9 aromatic rings. The van der Waals surface area contributed by atoms with Gasteiger partial charge in [-0.3, -0.25) is 0 Å². The lowest BCUT2D eigenvalue weighted by Crippen LogP contribution is -2.19. The van der Waals surface area contributed by atoms with Crippen molar-refractivity contribution in [2.24, 2.45) is 0 Å². The fourth-order valence-corrected chi connectivity index (χ4v) is 13.8. The Hall–Kier alpha value is -8.89. The first-order chi connectivity index (χ1) is 47.3. The molecular weight excluding hydrogens is 1230 g/mol. The standard InChI is InChI=1S/C87H102N3O7P/c1-16-22-76(82-28-19-25-79(85(82)61(4)5)67-31-43-70(44-32-67)92-58-55-88(10)11)64-37-49-73(50-38-64)95-98(91,96-74-51-39-65(40-52-74)77(23-17-2)83-29-20-26-80(86(83)62(6)7)68-33-45-71(46-34-68)93-59-56-89(12)13)97-75-53-41-66(42-54-75)78(24-18-3)84-30-21-27-81(87(84)63(8)9)69-35-47-72(48-36-69)94-60-57-90(14)15/h19-54,61-63H,16-18,55-60H2,1-15H3/b76-22+,77-23+,78-24+. The minimum absolute atomic E-state index is 0.208. The van der Waals surface area contributed by atoms with Crippen LogP contribution in [0.5, 0.6) is 34.5 Å². The maximum atomic E-state index is 15.8. The van der Waals surface area contributed by atoms with Crippen LogP contribution in [0.2, 0.25) is 0 Å². The van der Waals surface area contributed by atoms with Crippen LogP contribution in [-0.4, -0.2) is 96.4 Å². The van der Waals surface area contributed by atoms with Gasteiger partial charge in [-0.2, -0.15) is 4.57 Å². The third kappa shape index (κ3) is 19.3. The van der Waals surface area contributed by atoms with Crippen LogP contribution < -0.4 is 27.8 Å². The molecule has 0 aliphatic carbocycles.